The predicted molar refractivity (Wildman–Crippen MR) is 65.9 cm³/mol. The zero-order valence-corrected chi connectivity index (χ0v) is 9.65. The van der Waals surface area contributed by atoms with Gasteiger partial charge in [-0.1, -0.05) is 12.1 Å². The zero-order chi connectivity index (χ0) is 10.5. The molecule has 0 atom stereocenters. The van der Waals surface area contributed by atoms with Gasteiger partial charge in [-0.05, 0) is 23.6 Å². The Morgan fingerprint density at radius 1 is 1.33 bits per heavy atom. The van der Waals surface area contributed by atoms with Crippen LogP contribution in [0, 0.1) is 0 Å². The SMILES string of the molecule is NNc1cccc(CSc2cccs2)n1. The summed E-state index contributed by atoms with van der Waals surface area (Å²) in [7, 11) is 0. The number of pyridine rings is 1. The van der Waals surface area contributed by atoms with E-state index in [4.69, 9.17) is 5.84 Å². The lowest BCUT2D eigenvalue weighted by Crippen LogP contribution is -2.08. The van der Waals surface area contributed by atoms with Crippen molar-refractivity contribution in [1.82, 2.24) is 4.98 Å². The van der Waals surface area contributed by atoms with Gasteiger partial charge in [-0.15, -0.1) is 23.1 Å². The molecule has 78 valence electrons. The van der Waals surface area contributed by atoms with Gasteiger partial charge in [-0.2, -0.15) is 0 Å². The largest absolute Gasteiger partial charge is 0.308 e. The maximum absolute atomic E-state index is 5.29. The molecule has 2 aromatic heterocycles. The summed E-state index contributed by atoms with van der Waals surface area (Å²) in [6, 6.07) is 9.96. The van der Waals surface area contributed by atoms with Crippen molar-refractivity contribution in [3.05, 3.63) is 41.4 Å². The highest BCUT2D eigenvalue weighted by Gasteiger charge is 1.99. The molecule has 0 amide bonds. The average molecular weight is 237 g/mol. The maximum Gasteiger partial charge on any atom is 0.140 e. The van der Waals surface area contributed by atoms with E-state index in [-0.39, 0.29) is 0 Å². The number of thioether (sulfide) groups is 1. The number of thiophene rings is 1. The third kappa shape index (κ3) is 2.95. The predicted octanol–water partition coefficient (Wildman–Crippen LogP) is 2.72. The van der Waals surface area contributed by atoms with Crippen LogP contribution in [0.15, 0.2) is 39.9 Å². The number of aromatic nitrogens is 1. The normalized spacial score (nSPS) is 10.2. The second-order valence-electron chi connectivity index (χ2n) is 2.88. The van der Waals surface area contributed by atoms with Crippen LogP contribution < -0.4 is 11.3 Å². The Bertz CT molecular complexity index is 414. The van der Waals surface area contributed by atoms with Gasteiger partial charge in [0.15, 0.2) is 0 Å². The van der Waals surface area contributed by atoms with Crippen molar-refractivity contribution in [3.63, 3.8) is 0 Å². The van der Waals surface area contributed by atoms with E-state index in [0.29, 0.717) is 5.82 Å². The second kappa shape index (κ2) is 5.16. The van der Waals surface area contributed by atoms with E-state index in [0.717, 1.165) is 11.4 Å². The molecule has 0 saturated heterocycles. The molecular formula is C10H11N3S2. The lowest BCUT2D eigenvalue weighted by Gasteiger charge is -2.02. The highest BCUT2D eigenvalue weighted by molar-refractivity contribution is 8.00. The molecule has 0 aliphatic rings. The molecule has 0 unspecified atom stereocenters. The highest BCUT2D eigenvalue weighted by Crippen LogP contribution is 2.26. The van der Waals surface area contributed by atoms with Crippen molar-refractivity contribution in [1.29, 1.82) is 0 Å². The van der Waals surface area contributed by atoms with Gasteiger partial charge >= 0.3 is 0 Å². The standard InChI is InChI=1S/C10H11N3S2/c11-13-9-4-1-3-8(12-9)7-15-10-5-2-6-14-10/h1-6H,7,11H2,(H,12,13). The van der Waals surface area contributed by atoms with Crippen LogP contribution in [0.1, 0.15) is 5.69 Å². The minimum Gasteiger partial charge on any atom is -0.308 e. The van der Waals surface area contributed by atoms with E-state index in [1.807, 2.05) is 18.2 Å². The molecule has 3 nitrogen and oxygen atoms in total. The fourth-order valence-corrected chi connectivity index (χ4v) is 2.82. The van der Waals surface area contributed by atoms with Crippen molar-refractivity contribution in [2.45, 2.75) is 9.96 Å². The van der Waals surface area contributed by atoms with Gasteiger partial charge < -0.3 is 5.43 Å². The van der Waals surface area contributed by atoms with E-state index >= 15 is 0 Å². The van der Waals surface area contributed by atoms with Crippen LogP contribution in [0.3, 0.4) is 0 Å². The smallest absolute Gasteiger partial charge is 0.140 e. The molecule has 0 aliphatic heterocycles. The van der Waals surface area contributed by atoms with Crippen LogP contribution in [-0.4, -0.2) is 4.98 Å². The van der Waals surface area contributed by atoms with Gasteiger partial charge in [0.2, 0.25) is 0 Å². The van der Waals surface area contributed by atoms with E-state index < -0.39 is 0 Å². The van der Waals surface area contributed by atoms with Crippen molar-refractivity contribution in [3.8, 4) is 0 Å². The van der Waals surface area contributed by atoms with E-state index in [2.05, 4.69) is 27.9 Å². The Morgan fingerprint density at radius 3 is 3.00 bits per heavy atom. The van der Waals surface area contributed by atoms with E-state index in [9.17, 15) is 0 Å². The average Bonchev–Trinajstić information content (AvgIpc) is 2.79. The van der Waals surface area contributed by atoms with Gasteiger partial charge in [-0.3, -0.25) is 0 Å². The minimum atomic E-state index is 0.708. The summed E-state index contributed by atoms with van der Waals surface area (Å²) in [4.78, 5) is 4.34. The number of nitrogen functional groups attached to an aromatic ring is 1. The number of hydrogen-bond acceptors (Lipinski definition) is 5. The van der Waals surface area contributed by atoms with Crippen LogP contribution >= 0.6 is 23.1 Å². The molecule has 0 fully saturated rings. The Kier molecular flexibility index (Phi) is 3.60. The molecule has 0 bridgehead atoms. The number of nitrogens with two attached hydrogens (primary N) is 1. The molecule has 0 aromatic carbocycles. The molecule has 3 N–H and O–H groups in total. The van der Waals surface area contributed by atoms with Crippen molar-refractivity contribution in [2.24, 2.45) is 5.84 Å². The van der Waals surface area contributed by atoms with Gasteiger partial charge in [0.05, 0.1) is 9.90 Å². The third-order valence-corrected chi connectivity index (χ3v) is 3.98. The molecule has 0 aliphatic carbocycles. The highest BCUT2D eigenvalue weighted by atomic mass is 32.2. The number of anilines is 1. The number of hydrogen-bond donors (Lipinski definition) is 2. The van der Waals surface area contributed by atoms with Crippen LogP contribution in [0.4, 0.5) is 5.82 Å². The molecule has 2 rings (SSSR count). The quantitative estimate of drug-likeness (QED) is 0.488. The molecule has 2 aromatic rings. The number of rotatable bonds is 4. The Labute approximate surface area is 96.7 Å². The van der Waals surface area contributed by atoms with Gasteiger partial charge in [0.25, 0.3) is 0 Å². The van der Waals surface area contributed by atoms with Crippen LogP contribution in [0.25, 0.3) is 0 Å². The number of hydrazine groups is 1. The molecule has 5 heteroatoms. The summed E-state index contributed by atoms with van der Waals surface area (Å²) in [6.07, 6.45) is 0. The molecule has 2 heterocycles. The monoisotopic (exact) mass is 237 g/mol. The first-order valence-electron chi connectivity index (χ1n) is 4.47. The fourth-order valence-electron chi connectivity index (χ4n) is 1.13. The third-order valence-electron chi connectivity index (χ3n) is 1.81. The summed E-state index contributed by atoms with van der Waals surface area (Å²) >= 11 is 3.53. The maximum atomic E-state index is 5.29. The Balaban J connectivity index is 1.98. The van der Waals surface area contributed by atoms with Crippen molar-refractivity contribution >= 4 is 28.9 Å². The van der Waals surface area contributed by atoms with Crippen LogP contribution in [0.2, 0.25) is 0 Å². The summed E-state index contributed by atoms with van der Waals surface area (Å²) in [5, 5.41) is 2.08. The topological polar surface area (TPSA) is 50.9 Å². The summed E-state index contributed by atoms with van der Waals surface area (Å²) < 4.78 is 1.31. The van der Waals surface area contributed by atoms with E-state index in [1.54, 1.807) is 23.1 Å². The second-order valence-corrected chi connectivity index (χ2v) is 5.10. The zero-order valence-electron chi connectivity index (χ0n) is 8.01. The first-order chi connectivity index (χ1) is 7.38. The molecule has 0 radical (unpaired) electrons. The van der Waals surface area contributed by atoms with Gasteiger partial charge in [0.1, 0.15) is 5.82 Å². The summed E-state index contributed by atoms with van der Waals surface area (Å²) in [5.74, 6) is 6.87. The lowest BCUT2D eigenvalue weighted by molar-refractivity contribution is 1.14. The fraction of sp³-hybridized carbons (Fsp3) is 0.100. The molecule has 15 heavy (non-hydrogen) atoms. The van der Waals surface area contributed by atoms with Crippen molar-refractivity contribution < 1.29 is 0 Å². The van der Waals surface area contributed by atoms with Crippen molar-refractivity contribution in [2.75, 3.05) is 5.43 Å². The van der Waals surface area contributed by atoms with E-state index in [1.165, 1.54) is 4.21 Å². The first-order valence-corrected chi connectivity index (χ1v) is 6.34. The molecule has 0 spiro atoms. The minimum absolute atomic E-state index is 0.708. The van der Waals surface area contributed by atoms with Crippen LogP contribution in [0.5, 0.6) is 0 Å². The molecular weight excluding hydrogens is 226 g/mol. The first kappa shape index (κ1) is 10.5. The summed E-state index contributed by atoms with van der Waals surface area (Å²) in [6.45, 7) is 0. The van der Waals surface area contributed by atoms with Gasteiger partial charge in [0, 0.05) is 5.75 Å². The Morgan fingerprint density at radius 2 is 2.27 bits per heavy atom. The summed E-state index contributed by atoms with van der Waals surface area (Å²) in [5.41, 5.74) is 3.57. The lowest BCUT2D eigenvalue weighted by atomic mass is 10.4. The van der Waals surface area contributed by atoms with Gasteiger partial charge in [-0.25, -0.2) is 10.8 Å². The van der Waals surface area contributed by atoms with Crippen LogP contribution in [-0.2, 0) is 5.75 Å². The Hall–Kier alpha value is -1.04. The number of nitrogens with zero attached hydrogens (tertiary/aromatic N) is 1. The number of nitrogens with one attached hydrogen (secondary N) is 1. The molecule has 0 saturated carbocycles.